The summed E-state index contributed by atoms with van der Waals surface area (Å²) >= 11 is 1.37. The Balaban J connectivity index is 2.65. The van der Waals surface area contributed by atoms with Gasteiger partial charge in [0.25, 0.3) is 0 Å². The minimum Gasteiger partial charge on any atom is -0.302 e. The van der Waals surface area contributed by atoms with Gasteiger partial charge in [-0.25, -0.2) is 4.90 Å². The summed E-state index contributed by atoms with van der Waals surface area (Å²) in [6.45, 7) is -0.0857. The maximum absolute atomic E-state index is 12.1. The van der Waals surface area contributed by atoms with Gasteiger partial charge in [-0.15, -0.1) is 0 Å². The zero-order valence-corrected chi connectivity index (χ0v) is 6.99. The average Bonchev–Trinajstić information content (AvgIpc) is 2.03. The number of thioether (sulfide) groups is 1. The van der Waals surface area contributed by atoms with E-state index in [1.807, 2.05) is 0 Å². The maximum atomic E-state index is 12.1. The Bertz CT molecular complexity index is 173. The van der Waals surface area contributed by atoms with Crippen LogP contribution in [0, 0.1) is 0 Å². The second-order valence-corrected chi connectivity index (χ2v) is 3.59. The number of carbonyl (C=O) groups excluding carboxylic acids is 1. The Morgan fingerprint density at radius 2 is 2.17 bits per heavy atom. The lowest BCUT2D eigenvalue weighted by Gasteiger charge is -2.32. The van der Waals surface area contributed by atoms with Crippen LogP contribution in [-0.2, 0) is 4.79 Å². The Hall–Kier alpha value is -0.230. The highest BCUT2D eigenvalue weighted by Crippen LogP contribution is 2.27. The van der Waals surface area contributed by atoms with Crippen LogP contribution in [-0.4, -0.2) is 41.6 Å². The van der Waals surface area contributed by atoms with E-state index in [1.54, 1.807) is 0 Å². The average molecular weight is 199 g/mol. The molecule has 0 aliphatic carbocycles. The number of rotatable bonds is 1. The first kappa shape index (κ1) is 9.85. The van der Waals surface area contributed by atoms with Gasteiger partial charge in [-0.2, -0.15) is 24.9 Å². The normalized spacial score (nSPS) is 27.1. The van der Waals surface area contributed by atoms with Gasteiger partial charge in [0.1, 0.15) is 6.29 Å². The molecule has 1 fully saturated rings. The third-order valence-electron chi connectivity index (χ3n) is 1.65. The number of alkyl halides is 3. The molecule has 0 aromatic heterocycles. The zero-order valence-electron chi connectivity index (χ0n) is 6.17. The molecule has 0 aromatic carbocycles. The van der Waals surface area contributed by atoms with Gasteiger partial charge in [0.05, 0.1) is 6.04 Å². The van der Waals surface area contributed by atoms with E-state index in [4.69, 9.17) is 0 Å². The van der Waals surface area contributed by atoms with Gasteiger partial charge in [0, 0.05) is 18.1 Å². The predicted molar refractivity (Wildman–Crippen MR) is 39.9 cm³/mol. The molecule has 1 aliphatic rings. The van der Waals surface area contributed by atoms with Crippen molar-refractivity contribution in [2.24, 2.45) is 0 Å². The van der Waals surface area contributed by atoms with Gasteiger partial charge in [-0.3, -0.25) is 0 Å². The molecule has 1 saturated heterocycles. The number of halogens is 3. The van der Waals surface area contributed by atoms with Crippen LogP contribution in [0.15, 0.2) is 0 Å². The summed E-state index contributed by atoms with van der Waals surface area (Å²) in [5.74, 6) is 0.673. The van der Waals surface area contributed by atoms with Crippen molar-refractivity contribution in [3.63, 3.8) is 0 Å². The van der Waals surface area contributed by atoms with Crippen molar-refractivity contribution in [3.8, 4) is 0 Å². The Kier molecular flexibility index (Phi) is 3.00. The van der Waals surface area contributed by atoms with Gasteiger partial charge in [0.2, 0.25) is 0 Å². The second kappa shape index (κ2) is 3.66. The molecule has 0 bridgehead atoms. The summed E-state index contributed by atoms with van der Waals surface area (Å²) < 4.78 is 36.4. The van der Waals surface area contributed by atoms with E-state index in [1.165, 1.54) is 11.8 Å². The van der Waals surface area contributed by atoms with Crippen molar-refractivity contribution in [2.75, 3.05) is 18.1 Å². The third-order valence-corrected chi connectivity index (χ3v) is 2.70. The molecule has 0 amide bonds. The molecule has 1 aliphatic heterocycles. The number of hydrogen-bond donors (Lipinski definition) is 0. The molecule has 0 spiro atoms. The summed E-state index contributed by atoms with van der Waals surface area (Å²) in [6, 6.07) is -0.997. The minimum atomic E-state index is -4.37. The molecule has 1 heterocycles. The van der Waals surface area contributed by atoms with Crippen LogP contribution in [0.2, 0.25) is 0 Å². The molecule has 0 N–H and O–H groups in total. The predicted octanol–water partition coefficient (Wildman–Crippen LogP) is 1.12. The van der Waals surface area contributed by atoms with Gasteiger partial charge in [0.15, 0.2) is 0 Å². The second-order valence-electron chi connectivity index (χ2n) is 2.44. The van der Waals surface area contributed by atoms with Crippen molar-refractivity contribution < 1.29 is 18.0 Å². The quantitative estimate of drug-likeness (QED) is 0.466. The number of carbonyl (C=O) groups is 1. The number of aldehydes is 1. The van der Waals surface area contributed by atoms with E-state index in [-0.39, 0.29) is 17.2 Å². The summed E-state index contributed by atoms with van der Waals surface area (Å²) in [5.41, 5.74) is 0. The molecule has 0 saturated carbocycles. The molecule has 70 valence electrons. The Morgan fingerprint density at radius 1 is 1.50 bits per heavy atom. The van der Waals surface area contributed by atoms with E-state index in [2.05, 4.69) is 0 Å². The van der Waals surface area contributed by atoms with Crippen molar-refractivity contribution in [2.45, 2.75) is 12.3 Å². The summed E-state index contributed by atoms with van der Waals surface area (Å²) in [5, 5.41) is 0. The third kappa shape index (κ3) is 2.13. The molecule has 12 heavy (non-hydrogen) atoms. The van der Waals surface area contributed by atoms with E-state index < -0.39 is 12.3 Å². The molecule has 0 radical (unpaired) electrons. The minimum absolute atomic E-state index is 0.0857. The lowest BCUT2D eigenvalue weighted by Crippen LogP contribution is -2.51. The summed E-state index contributed by atoms with van der Waals surface area (Å²) in [6.07, 6.45) is -4.01. The van der Waals surface area contributed by atoms with E-state index in [9.17, 15) is 18.0 Å². The molecule has 1 unspecified atom stereocenters. The van der Waals surface area contributed by atoms with Crippen LogP contribution in [0.4, 0.5) is 13.2 Å². The monoisotopic (exact) mass is 199 g/mol. The smallest absolute Gasteiger partial charge is 0.302 e. The fraction of sp³-hybridized carbons (Fsp3) is 0.833. The Morgan fingerprint density at radius 3 is 2.58 bits per heavy atom. The molecular weight excluding hydrogens is 191 g/mol. The highest BCUT2D eigenvalue weighted by Gasteiger charge is 2.42. The Labute approximate surface area is 72.1 Å². The number of nitrogens with zero attached hydrogens (tertiary/aromatic N) is 1. The number of hydrogen-bond acceptors (Lipinski definition) is 3. The van der Waals surface area contributed by atoms with E-state index >= 15 is 0 Å². The highest BCUT2D eigenvalue weighted by molar-refractivity contribution is 7.99. The maximum Gasteiger partial charge on any atom is 0.460 e. The van der Waals surface area contributed by atoms with Gasteiger partial charge in [-0.05, 0) is 0 Å². The lowest BCUT2D eigenvalue weighted by molar-refractivity contribution is -0.252. The molecule has 0 aromatic rings. The fourth-order valence-electron chi connectivity index (χ4n) is 1.05. The van der Waals surface area contributed by atoms with Crippen LogP contribution in [0.1, 0.15) is 0 Å². The topological polar surface area (TPSA) is 20.3 Å². The van der Waals surface area contributed by atoms with Crippen LogP contribution in [0.25, 0.3) is 0 Å². The first-order chi connectivity index (χ1) is 5.55. The van der Waals surface area contributed by atoms with Gasteiger partial charge in [-0.1, -0.05) is 0 Å². The molecule has 6 heteroatoms. The molecule has 1 atom stereocenters. The zero-order chi connectivity index (χ0) is 9.19. The lowest BCUT2D eigenvalue weighted by atomic mass is 10.3. The van der Waals surface area contributed by atoms with Gasteiger partial charge < -0.3 is 4.79 Å². The SMILES string of the molecule is O=CC1CSCCN1C(F)(F)F. The van der Waals surface area contributed by atoms with Gasteiger partial charge >= 0.3 is 6.30 Å². The fourth-order valence-corrected chi connectivity index (χ4v) is 2.04. The van der Waals surface area contributed by atoms with Crippen molar-refractivity contribution in [1.29, 1.82) is 0 Å². The first-order valence-electron chi connectivity index (χ1n) is 3.42. The molecule has 1 rings (SSSR count). The van der Waals surface area contributed by atoms with Crippen molar-refractivity contribution >= 4 is 18.0 Å². The van der Waals surface area contributed by atoms with E-state index in [0.29, 0.717) is 12.0 Å². The van der Waals surface area contributed by atoms with Crippen molar-refractivity contribution in [1.82, 2.24) is 4.90 Å². The summed E-state index contributed by atoms with van der Waals surface area (Å²) in [7, 11) is 0. The molecule has 2 nitrogen and oxygen atoms in total. The summed E-state index contributed by atoms with van der Waals surface area (Å²) in [4.78, 5) is 10.6. The van der Waals surface area contributed by atoms with Crippen LogP contribution in [0.3, 0.4) is 0 Å². The largest absolute Gasteiger partial charge is 0.460 e. The highest BCUT2D eigenvalue weighted by atomic mass is 32.2. The van der Waals surface area contributed by atoms with Crippen LogP contribution >= 0.6 is 11.8 Å². The standard InChI is InChI=1S/C6H8F3NOS/c7-6(8,9)10-1-2-12-4-5(10)3-11/h3,5H,1-2,4H2. The van der Waals surface area contributed by atoms with Crippen molar-refractivity contribution in [3.05, 3.63) is 0 Å². The van der Waals surface area contributed by atoms with Crippen LogP contribution < -0.4 is 0 Å². The first-order valence-corrected chi connectivity index (χ1v) is 4.57. The molecular formula is C6H8F3NOS. The van der Waals surface area contributed by atoms with E-state index in [0.717, 1.165) is 0 Å². The van der Waals surface area contributed by atoms with Crippen LogP contribution in [0.5, 0.6) is 0 Å².